The molecule has 2 amide bonds. The number of amides is 2. The van der Waals surface area contributed by atoms with Gasteiger partial charge in [0.05, 0.1) is 5.56 Å². The minimum absolute atomic E-state index is 0.227. The largest absolute Gasteiger partial charge is 0.452 e. The zero-order chi connectivity index (χ0) is 17.1. The fourth-order valence-corrected chi connectivity index (χ4v) is 2.36. The normalized spacial score (nSPS) is 14.0. The Labute approximate surface area is 137 Å². The molecular weight excluding hydrogens is 314 g/mol. The average Bonchev–Trinajstić information content (AvgIpc) is 3.21. The van der Waals surface area contributed by atoms with E-state index in [0.29, 0.717) is 36.7 Å². The van der Waals surface area contributed by atoms with Crippen LogP contribution in [0.3, 0.4) is 0 Å². The first-order valence-corrected chi connectivity index (χ1v) is 7.45. The smallest absolute Gasteiger partial charge is 0.338 e. The molecule has 1 aromatic heterocycles. The van der Waals surface area contributed by atoms with Gasteiger partial charge in [0.2, 0.25) is 5.91 Å². The maximum absolute atomic E-state index is 12.0. The van der Waals surface area contributed by atoms with E-state index in [-0.39, 0.29) is 11.5 Å². The van der Waals surface area contributed by atoms with E-state index in [1.54, 1.807) is 31.2 Å². The van der Waals surface area contributed by atoms with Crippen molar-refractivity contribution in [1.82, 2.24) is 15.0 Å². The summed E-state index contributed by atoms with van der Waals surface area (Å²) < 4.78 is 10.0. The molecule has 0 bridgehead atoms. The van der Waals surface area contributed by atoms with Crippen LogP contribution in [0.25, 0.3) is 11.5 Å². The van der Waals surface area contributed by atoms with Gasteiger partial charge >= 0.3 is 5.97 Å². The van der Waals surface area contributed by atoms with Crippen LogP contribution in [0.1, 0.15) is 29.0 Å². The minimum Gasteiger partial charge on any atom is -0.452 e. The third kappa shape index (κ3) is 3.32. The third-order valence-corrected chi connectivity index (χ3v) is 3.60. The number of esters is 1. The zero-order valence-electron chi connectivity index (χ0n) is 13.0. The molecule has 1 aliphatic rings. The SMILES string of the molecule is Cc1noc(-c2ccc(C(=O)OCC(=O)N3CCCC3=O)cc2)n1. The lowest BCUT2D eigenvalue weighted by molar-refractivity contribution is -0.143. The molecule has 0 radical (unpaired) electrons. The Morgan fingerprint density at radius 1 is 1.29 bits per heavy atom. The highest BCUT2D eigenvalue weighted by Gasteiger charge is 2.27. The Morgan fingerprint density at radius 3 is 2.62 bits per heavy atom. The zero-order valence-corrected chi connectivity index (χ0v) is 13.0. The predicted molar refractivity (Wildman–Crippen MR) is 80.7 cm³/mol. The lowest BCUT2D eigenvalue weighted by Crippen LogP contribution is -2.35. The number of hydrogen-bond donors (Lipinski definition) is 0. The van der Waals surface area contributed by atoms with Gasteiger partial charge in [-0.25, -0.2) is 4.79 Å². The second-order valence-electron chi connectivity index (χ2n) is 5.34. The molecule has 2 heterocycles. The van der Waals surface area contributed by atoms with E-state index < -0.39 is 18.5 Å². The second kappa shape index (κ2) is 6.61. The number of imide groups is 1. The number of carbonyl (C=O) groups excluding carboxylic acids is 3. The molecule has 0 atom stereocenters. The maximum Gasteiger partial charge on any atom is 0.338 e. The molecule has 8 nitrogen and oxygen atoms in total. The van der Waals surface area contributed by atoms with Crippen molar-refractivity contribution in [3.05, 3.63) is 35.7 Å². The van der Waals surface area contributed by atoms with Gasteiger partial charge in [-0.15, -0.1) is 0 Å². The third-order valence-electron chi connectivity index (χ3n) is 3.60. The Bertz CT molecular complexity index is 781. The van der Waals surface area contributed by atoms with Gasteiger partial charge in [-0.1, -0.05) is 5.16 Å². The average molecular weight is 329 g/mol. The molecule has 0 N–H and O–H groups in total. The second-order valence-corrected chi connectivity index (χ2v) is 5.34. The van der Waals surface area contributed by atoms with Crippen LogP contribution in [0.4, 0.5) is 0 Å². The highest BCUT2D eigenvalue weighted by molar-refractivity contribution is 5.98. The number of rotatable bonds is 4. The number of likely N-dealkylation sites (tertiary alicyclic amines) is 1. The van der Waals surface area contributed by atoms with Crippen LogP contribution < -0.4 is 0 Å². The quantitative estimate of drug-likeness (QED) is 0.780. The highest BCUT2D eigenvalue weighted by atomic mass is 16.5. The first-order chi connectivity index (χ1) is 11.5. The summed E-state index contributed by atoms with van der Waals surface area (Å²) in [6.45, 7) is 1.64. The van der Waals surface area contributed by atoms with Gasteiger partial charge in [0.15, 0.2) is 12.4 Å². The van der Waals surface area contributed by atoms with E-state index in [4.69, 9.17) is 9.26 Å². The molecule has 2 aromatic rings. The fraction of sp³-hybridized carbons (Fsp3) is 0.312. The summed E-state index contributed by atoms with van der Waals surface area (Å²) in [7, 11) is 0. The summed E-state index contributed by atoms with van der Waals surface area (Å²) in [5.41, 5.74) is 0.960. The molecule has 124 valence electrons. The summed E-state index contributed by atoms with van der Waals surface area (Å²) in [6, 6.07) is 6.39. The summed E-state index contributed by atoms with van der Waals surface area (Å²) in [6.07, 6.45) is 1.01. The van der Waals surface area contributed by atoms with Gasteiger partial charge < -0.3 is 9.26 Å². The van der Waals surface area contributed by atoms with Crippen molar-refractivity contribution in [2.75, 3.05) is 13.2 Å². The molecule has 0 unspecified atom stereocenters. The number of nitrogens with zero attached hydrogens (tertiary/aromatic N) is 3. The monoisotopic (exact) mass is 329 g/mol. The van der Waals surface area contributed by atoms with E-state index in [1.165, 1.54) is 0 Å². The molecule has 1 aromatic carbocycles. The minimum atomic E-state index is -0.636. The summed E-state index contributed by atoms with van der Waals surface area (Å²) in [4.78, 5) is 40.5. The molecule has 0 saturated carbocycles. The van der Waals surface area contributed by atoms with Crippen molar-refractivity contribution in [1.29, 1.82) is 0 Å². The maximum atomic E-state index is 12.0. The molecule has 1 aliphatic heterocycles. The van der Waals surface area contributed by atoms with Gasteiger partial charge in [-0.05, 0) is 37.6 Å². The molecule has 1 fully saturated rings. The molecular formula is C16H15N3O5. The van der Waals surface area contributed by atoms with Gasteiger partial charge in [0, 0.05) is 18.5 Å². The summed E-state index contributed by atoms with van der Waals surface area (Å²) >= 11 is 0. The Kier molecular flexibility index (Phi) is 4.37. The number of benzene rings is 1. The molecule has 0 spiro atoms. The molecule has 3 rings (SSSR count). The first-order valence-electron chi connectivity index (χ1n) is 7.45. The topological polar surface area (TPSA) is 103 Å². The van der Waals surface area contributed by atoms with Crippen LogP contribution in [-0.4, -0.2) is 46.0 Å². The number of carbonyl (C=O) groups is 3. The summed E-state index contributed by atoms with van der Waals surface area (Å²) in [5, 5.41) is 3.70. The van der Waals surface area contributed by atoms with Crippen molar-refractivity contribution < 1.29 is 23.6 Å². The number of hydrogen-bond acceptors (Lipinski definition) is 7. The lowest BCUT2D eigenvalue weighted by atomic mass is 10.1. The Morgan fingerprint density at radius 2 is 2.04 bits per heavy atom. The van der Waals surface area contributed by atoms with Crippen LogP contribution >= 0.6 is 0 Å². The van der Waals surface area contributed by atoms with Gasteiger partial charge in [0.1, 0.15) is 0 Å². The number of aromatic nitrogens is 2. The van der Waals surface area contributed by atoms with Crippen LogP contribution in [0.15, 0.2) is 28.8 Å². The van der Waals surface area contributed by atoms with Crippen molar-refractivity contribution in [3.63, 3.8) is 0 Å². The standard InChI is InChI=1S/C16H15N3O5/c1-10-17-15(24-18-10)11-4-6-12(7-5-11)16(22)23-9-14(21)19-8-2-3-13(19)20/h4-7H,2-3,8-9H2,1H3. The van der Waals surface area contributed by atoms with Crippen LogP contribution in [0, 0.1) is 6.92 Å². The van der Waals surface area contributed by atoms with E-state index in [0.717, 1.165) is 4.90 Å². The van der Waals surface area contributed by atoms with E-state index in [2.05, 4.69) is 10.1 Å². The van der Waals surface area contributed by atoms with E-state index >= 15 is 0 Å². The van der Waals surface area contributed by atoms with Gasteiger partial charge in [0.25, 0.3) is 11.8 Å². The van der Waals surface area contributed by atoms with Crippen LogP contribution in [0.5, 0.6) is 0 Å². The van der Waals surface area contributed by atoms with Crippen LogP contribution in [-0.2, 0) is 14.3 Å². The van der Waals surface area contributed by atoms with Crippen LogP contribution in [0.2, 0.25) is 0 Å². The summed E-state index contributed by atoms with van der Waals surface area (Å²) in [5.74, 6) is -0.485. The first kappa shape index (κ1) is 15.9. The lowest BCUT2D eigenvalue weighted by Gasteiger charge is -2.13. The van der Waals surface area contributed by atoms with Gasteiger partial charge in [-0.2, -0.15) is 4.98 Å². The fourth-order valence-electron chi connectivity index (χ4n) is 2.36. The van der Waals surface area contributed by atoms with E-state index in [1.807, 2.05) is 0 Å². The van der Waals surface area contributed by atoms with Gasteiger partial charge in [-0.3, -0.25) is 14.5 Å². The number of aryl methyl sites for hydroxylation is 1. The Balaban J connectivity index is 1.59. The van der Waals surface area contributed by atoms with Crippen molar-refractivity contribution in [2.45, 2.75) is 19.8 Å². The van der Waals surface area contributed by atoms with Crippen molar-refractivity contribution in [2.24, 2.45) is 0 Å². The molecule has 8 heteroatoms. The molecule has 24 heavy (non-hydrogen) atoms. The number of ether oxygens (including phenoxy) is 1. The molecule has 1 saturated heterocycles. The predicted octanol–water partition coefficient (Wildman–Crippen LogP) is 1.35. The van der Waals surface area contributed by atoms with Crippen molar-refractivity contribution >= 4 is 17.8 Å². The Hall–Kier alpha value is -3.03. The highest BCUT2D eigenvalue weighted by Crippen LogP contribution is 2.18. The van der Waals surface area contributed by atoms with Crippen molar-refractivity contribution in [3.8, 4) is 11.5 Å². The molecule has 0 aliphatic carbocycles. The van der Waals surface area contributed by atoms with E-state index in [9.17, 15) is 14.4 Å².